The van der Waals surface area contributed by atoms with Gasteiger partial charge in [-0.05, 0) is 25.0 Å². The van der Waals surface area contributed by atoms with E-state index in [0.29, 0.717) is 0 Å². The molecule has 0 spiro atoms. The predicted molar refractivity (Wildman–Crippen MR) is 71.9 cm³/mol. The first kappa shape index (κ1) is 13.0. The van der Waals surface area contributed by atoms with Crippen LogP contribution in [0.1, 0.15) is 31.7 Å². The van der Waals surface area contributed by atoms with Gasteiger partial charge in [-0.2, -0.15) is 0 Å². The summed E-state index contributed by atoms with van der Waals surface area (Å²) in [6, 6.07) is 8.73. The van der Waals surface area contributed by atoms with Gasteiger partial charge in [0.1, 0.15) is 0 Å². The molecule has 2 nitrogen and oxygen atoms in total. The third-order valence-corrected chi connectivity index (χ3v) is 2.96. The number of aryl methyl sites for hydroxylation is 1. The van der Waals surface area contributed by atoms with E-state index in [2.05, 4.69) is 50.1 Å². The molecule has 0 bridgehead atoms. The topological polar surface area (TPSA) is 29.3 Å². The maximum atomic E-state index is 6.11. The number of rotatable bonds is 6. The lowest BCUT2D eigenvalue weighted by Gasteiger charge is -2.24. The molecule has 2 heteroatoms. The Hall–Kier alpha value is -1.02. The maximum Gasteiger partial charge on any atom is 0.0393 e. The average molecular weight is 220 g/mol. The van der Waals surface area contributed by atoms with E-state index in [1.54, 1.807) is 0 Å². The number of hydrogen-bond acceptors (Lipinski definition) is 2. The summed E-state index contributed by atoms with van der Waals surface area (Å²) in [4.78, 5) is 2.26. The van der Waals surface area contributed by atoms with E-state index in [0.717, 1.165) is 13.0 Å². The molecule has 0 aliphatic heterocycles. The molecule has 0 heterocycles. The van der Waals surface area contributed by atoms with Gasteiger partial charge in [-0.25, -0.2) is 0 Å². The Morgan fingerprint density at radius 1 is 1.31 bits per heavy atom. The molecule has 0 aliphatic rings. The Balaban J connectivity index is 2.52. The maximum absolute atomic E-state index is 6.11. The summed E-state index contributed by atoms with van der Waals surface area (Å²) in [5.74, 6) is 0. The SMILES string of the molecule is CCCCC(N)CN(C)c1ccccc1C. The lowest BCUT2D eigenvalue weighted by Crippen LogP contribution is -2.35. The van der Waals surface area contributed by atoms with Gasteiger partial charge >= 0.3 is 0 Å². The second-order valence-corrected chi connectivity index (χ2v) is 4.57. The minimum atomic E-state index is 0.282. The molecule has 1 unspecified atom stereocenters. The Kier molecular flexibility index (Phi) is 5.33. The highest BCUT2D eigenvalue weighted by molar-refractivity contribution is 5.52. The first-order chi connectivity index (χ1) is 7.65. The normalized spacial score (nSPS) is 12.5. The number of hydrogen-bond donors (Lipinski definition) is 1. The van der Waals surface area contributed by atoms with Gasteiger partial charge in [0.05, 0.1) is 0 Å². The smallest absolute Gasteiger partial charge is 0.0393 e. The first-order valence-electron chi connectivity index (χ1n) is 6.17. The third kappa shape index (κ3) is 3.86. The molecule has 0 aromatic heterocycles. The number of likely N-dealkylation sites (N-methyl/N-ethyl adjacent to an activating group) is 1. The van der Waals surface area contributed by atoms with Crippen LogP contribution in [-0.4, -0.2) is 19.6 Å². The summed E-state index contributed by atoms with van der Waals surface area (Å²) in [5, 5.41) is 0. The van der Waals surface area contributed by atoms with E-state index in [9.17, 15) is 0 Å². The Morgan fingerprint density at radius 3 is 2.62 bits per heavy atom. The van der Waals surface area contributed by atoms with E-state index >= 15 is 0 Å². The Morgan fingerprint density at radius 2 is 2.00 bits per heavy atom. The van der Waals surface area contributed by atoms with Crippen molar-refractivity contribution in [1.29, 1.82) is 0 Å². The Bertz CT molecular complexity index is 309. The van der Waals surface area contributed by atoms with Crippen LogP contribution >= 0.6 is 0 Å². The molecule has 2 N–H and O–H groups in total. The van der Waals surface area contributed by atoms with Crippen LogP contribution in [-0.2, 0) is 0 Å². The van der Waals surface area contributed by atoms with Gasteiger partial charge in [0.15, 0.2) is 0 Å². The molecule has 0 radical (unpaired) electrons. The van der Waals surface area contributed by atoms with E-state index in [-0.39, 0.29) is 6.04 Å². The fourth-order valence-electron chi connectivity index (χ4n) is 2.00. The molecule has 16 heavy (non-hydrogen) atoms. The summed E-state index contributed by atoms with van der Waals surface area (Å²) >= 11 is 0. The molecule has 0 saturated carbocycles. The lowest BCUT2D eigenvalue weighted by molar-refractivity contribution is 0.572. The van der Waals surface area contributed by atoms with Gasteiger partial charge in [0.2, 0.25) is 0 Å². The van der Waals surface area contributed by atoms with E-state index in [1.165, 1.54) is 24.1 Å². The van der Waals surface area contributed by atoms with Crippen molar-refractivity contribution in [3.05, 3.63) is 29.8 Å². The number of anilines is 1. The Labute approximate surface area is 99.5 Å². The van der Waals surface area contributed by atoms with E-state index in [4.69, 9.17) is 5.73 Å². The van der Waals surface area contributed by atoms with Gasteiger partial charge in [0.25, 0.3) is 0 Å². The van der Waals surface area contributed by atoms with Crippen molar-refractivity contribution < 1.29 is 0 Å². The summed E-state index contributed by atoms with van der Waals surface area (Å²) in [5.41, 5.74) is 8.71. The first-order valence-corrected chi connectivity index (χ1v) is 6.17. The van der Waals surface area contributed by atoms with Crippen LogP contribution in [0.15, 0.2) is 24.3 Å². The van der Waals surface area contributed by atoms with Crippen molar-refractivity contribution in [3.8, 4) is 0 Å². The number of nitrogens with zero attached hydrogens (tertiary/aromatic N) is 1. The van der Waals surface area contributed by atoms with Gasteiger partial charge in [-0.1, -0.05) is 38.0 Å². The minimum absolute atomic E-state index is 0.282. The third-order valence-electron chi connectivity index (χ3n) is 2.96. The number of benzene rings is 1. The molecule has 1 rings (SSSR count). The molecular formula is C14H24N2. The summed E-state index contributed by atoms with van der Waals surface area (Å²) in [6.07, 6.45) is 3.57. The fraction of sp³-hybridized carbons (Fsp3) is 0.571. The van der Waals surface area contributed by atoms with Crippen LogP contribution in [0.5, 0.6) is 0 Å². The monoisotopic (exact) mass is 220 g/mol. The summed E-state index contributed by atoms with van der Waals surface area (Å²) < 4.78 is 0. The molecule has 1 aromatic rings. The molecule has 0 amide bonds. The molecule has 0 saturated heterocycles. The number of unbranched alkanes of at least 4 members (excludes halogenated alkanes) is 1. The molecular weight excluding hydrogens is 196 g/mol. The zero-order valence-corrected chi connectivity index (χ0v) is 10.7. The van der Waals surface area contributed by atoms with Crippen molar-refractivity contribution in [1.82, 2.24) is 0 Å². The molecule has 0 fully saturated rings. The van der Waals surface area contributed by atoms with Crippen molar-refractivity contribution >= 4 is 5.69 Å². The van der Waals surface area contributed by atoms with Crippen molar-refractivity contribution in [2.24, 2.45) is 5.73 Å². The number of para-hydroxylation sites is 1. The minimum Gasteiger partial charge on any atom is -0.373 e. The average Bonchev–Trinajstić information content (AvgIpc) is 2.26. The highest BCUT2D eigenvalue weighted by Gasteiger charge is 2.08. The van der Waals surface area contributed by atoms with Crippen LogP contribution in [0, 0.1) is 6.92 Å². The van der Waals surface area contributed by atoms with Gasteiger partial charge in [-0.3, -0.25) is 0 Å². The highest BCUT2D eigenvalue weighted by Crippen LogP contribution is 2.18. The molecule has 0 aliphatic carbocycles. The van der Waals surface area contributed by atoms with Gasteiger partial charge < -0.3 is 10.6 Å². The van der Waals surface area contributed by atoms with E-state index in [1.807, 2.05) is 0 Å². The standard InChI is InChI=1S/C14H24N2/c1-4-5-9-13(15)11-16(3)14-10-7-6-8-12(14)2/h6-8,10,13H,4-5,9,11,15H2,1-3H3. The van der Waals surface area contributed by atoms with Gasteiger partial charge in [0, 0.05) is 25.3 Å². The molecule has 1 atom stereocenters. The van der Waals surface area contributed by atoms with Gasteiger partial charge in [-0.15, -0.1) is 0 Å². The van der Waals surface area contributed by atoms with Crippen LogP contribution in [0.3, 0.4) is 0 Å². The zero-order valence-electron chi connectivity index (χ0n) is 10.7. The zero-order chi connectivity index (χ0) is 12.0. The van der Waals surface area contributed by atoms with Crippen LogP contribution in [0.4, 0.5) is 5.69 Å². The highest BCUT2D eigenvalue weighted by atomic mass is 15.1. The van der Waals surface area contributed by atoms with Crippen molar-refractivity contribution in [2.75, 3.05) is 18.5 Å². The van der Waals surface area contributed by atoms with Crippen LogP contribution in [0.2, 0.25) is 0 Å². The van der Waals surface area contributed by atoms with Crippen molar-refractivity contribution in [2.45, 2.75) is 39.2 Å². The number of nitrogens with two attached hydrogens (primary N) is 1. The summed E-state index contributed by atoms with van der Waals surface area (Å²) in [6.45, 7) is 5.28. The predicted octanol–water partition coefficient (Wildman–Crippen LogP) is 2.95. The summed E-state index contributed by atoms with van der Waals surface area (Å²) in [7, 11) is 2.12. The fourth-order valence-corrected chi connectivity index (χ4v) is 2.00. The lowest BCUT2D eigenvalue weighted by atomic mass is 10.1. The molecule has 1 aromatic carbocycles. The van der Waals surface area contributed by atoms with Crippen LogP contribution in [0.25, 0.3) is 0 Å². The second-order valence-electron chi connectivity index (χ2n) is 4.57. The quantitative estimate of drug-likeness (QED) is 0.798. The largest absolute Gasteiger partial charge is 0.373 e. The van der Waals surface area contributed by atoms with Crippen LogP contribution < -0.4 is 10.6 Å². The molecule has 90 valence electrons. The van der Waals surface area contributed by atoms with Crippen molar-refractivity contribution in [3.63, 3.8) is 0 Å². The van der Waals surface area contributed by atoms with E-state index < -0.39 is 0 Å². The second kappa shape index (κ2) is 6.54.